The Hall–Kier alpha value is -3.33. The maximum absolute atomic E-state index is 14.4. The van der Waals surface area contributed by atoms with Crippen LogP contribution in [0.2, 0.25) is 0 Å². The average molecular weight is 407 g/mol. The molecule has 1 unspecified atom stereocenters. The van der Waals surface area contributed by atoms with Crippen LogP contribution in [-0.2, 0) is 0 Å². The number of hydrogen-bond donors (Lipinski definition) is 1. The van der Waals surface area contributed by atoms with E-state index in [1.165, 1.54) is 0 Å². The molecule has 5 heterocycles. The summed E-state index contributed by atoms with van der Waals surface area (Å²) < 4.78 is 30.3. The summed E-state index contributed by atoms with van der Waals surface area (Å²) >= 11 is 0. The molecule has 7 nitrogen and oxygen atoms in total. The number of fused-ring (bicyclic) bond motifs is 1. The van der Waals surface area contributed by atoms with Crippen LogP contribution in [0.25, 0.3) is 28.1 Å². The standard InChI is InChI=1S/C21H19F2N7/c1-13-8-25-11-19(27-13)18-7-17-14(9-26-18)12-30(29-17)20-4-2-3-16(28-20)15-10-24-6-5-21(15,22)23/h2-4,7-9,11-12,15,24H,5-6,10H2,1H3. The summed E-state index contributed by atoms with van der Waals surface area (Å²) in [5.74, 6) is -3.24. The van der Waals surface area contributed by atoms with E-state index in [0.29, 0.717) is 35.0 Å². The molecular formula is C21H19F2N7. The minimum absolute atomic E-state index is 0.189. The summed E-state index contributed by atoms with van der Waals surface area (Å²) in [5, 5.41) is 8.43. The minimum Gasteiger partial charge on any atom is -0.316 e. The number of halogens is 2. The van der Waals surface area contributed by atoms with Crippen molar-refractivity contribution in [2.24, 2.45) is 0 Å². The quantitative estimate of drug-likeness (QED) is 0.561. The van der Waals surface area contributed by atoms with Crippen molar-refractivity contribution in [2.45, 2.75) is 25.2 Å². The van der Waals surface area contributed by atoms with Gasteiger partial charge in [-0.15, -0.1) is 0 Å². The summed E-state index contributed by atoms with van der Waals surface area (Å²) in [6.45, 7) is 2.39. The topological polar surface area (TPSA) is 81.4 Å². The van der Waals surface area contributed by atoms with Gasteiger partial charge < -0.3 is 5.32 Å². The molecule has 0 radical (unpaired) electrons. The Balaban J connectivity index is 1.51. The number of rotatable bonds is 3. The first kappa shape index (κ1) is 18.7. The summed E-state index contributed by atoms with van der Waals surface area (Å²) in [5.41, 5.74) is 3.20. The fourth-order valence-corrected chi connectivity index (χ4v) is 3.67. The van der Waals surface area contributed by atoms with Gasteiger partial charge in [-0.1, -0.05) is 6.07 Å². The van der Waals surface area contributed by atoms with Crippen LogP contribution in [0.5, 0.6) is 0 Å². The van der Waals surface area contributed by atoms with E-state index in [4.69, 9.17) is 0 Å². The van der Waals surface area contributed by atoms with E-state index in [-0.39, 0.29) is 13.0 Å². The van der Waals surface area contributed by atoms with Crippen LogP contribution >= 0.6 is 0 Å². The third kappa shape index (κ3) is 3.41. The molecule has 0 aromatic carbocycles. The molecule has 4 aromatic rings. The van der Waals surface area contributed by atoms with E-state index in [1.54, 1.807) is 47.7 Å². The molecule has 1 N–H and O–H groups in total. The monoisotopic (exact) mass is 407 g/mol. The van der Waals surface area contributed by atoms with E-state index < -0.39 is 11.8 Å². The lowest BCUT2D eigenvalue weighted by Gasteiger charge is -2.31. The maximum Gasteiger partial charge on any atom is 0.258 e. The van der Waals surface area contributed by atoms with Gasteiger partial charge in [-0.25, -0.2) is 23.4 Å². The van der Waals surface area contributed by atoms with Gasteiger partial charge in [-0.05, 0) is 25.1 Å². The molecule has 0 bridgehead atoms. The van der Waals surface area contributed by atoms with Gasteiger partial charge in [-0.3, -0.25) is 9.97 Å². The fourth-order valence-electron chi connectivity index (χ4n) is 3.67. The largest absolute Gasteiger partial charge is 0.316 e. The lowest BCUT2D eigenvalue weighted by atomic mass is 9.91. The van der Waals surface area contributed by atoms with Gasteiger partial charge in [0, 0.05) is 43.5 Å². The van der Waals surface area contributed by atoms with Crippen LogP contribution in [0.3, 0.4) is 0 Å². The second-order valence-electron chi connectivity index (χ2n) is 7.44. The van der Waals surface area contributed by atoms with Gasteiger partial charge in [0.05, 0.1) is 34.7 Å². The lowest BCUT2D eigenvalue weighted by molar-refractivity contribution is -0.0490. The van der Waals surface area contributed by atoms with Crippen LogP contribution in [0.1, 0.15) is 23.7 Å². The maximum atomic E-state index is 14.4. The number of aromatic nitrogens is 6. The van der Waals surface area contributed by atoms with Crippen molar-refractivity contribution < 1.29 is 8.78 Å². The molecule has 5 rings (SSSR count). The number of piperidine rings is 1. The predicted molar refractivity (Wildman–Crippen MR) is 108 cm³/mol. The Kier molecular flexibility index (Phi) is 4.47. The zero-order valence-electron chi connectivity index (χ0n) is 16.3. The van der Waals surface area contributed by atoms with Gasteiger partial charge in [0.2, 0.25) is 0 Å². The SMILES string of the molecule is Cc1cncc(-c2cc3nn(-c4cccc(C5CNCCC5(F)F)n4)cc3cn2)n1. The molecule has 9 heteroatoms. The molecule has 30 heavy (non-hydrogen) atoms. The first-order valence-electron chi connectivity index (χ1n) is 9.70. The van der Waals surface area contributed by atoms with Crippen molar-refractivity contribution in [1.29, 1.82) is 0 Å². The van der Waals surface area contributed by atoms with Gasteiger partial charge in [0.15, 0.2) is 5.82 Å². The molecule has 152 valence electrons. The third-order valence-electron chi connectivity index (χ3n) is 5.25. The minimum atomic E-state index is -2.78. The normalized spacial score (nSPS) is 18.6. The number of alkyl halides is 2. The van der Waals surface area contributed by atoms with Crippen LogP contribution in [0, 0.1) is 6.92 Å². The Morgan fingerprint density at radius 3 is 2.87 bits per heavy atom. The van der Waals surface area contributed by atoms with E-state index in [2.05, 4.69) is 30.4 Å². The number of nitrogens with one attached hydrogen (secondary N) is 1. The summed E-state index contributed by atoms with van der Waals surface area (Å²) in [4.78, 5) is 17.5. The molecule has 1 fully saturated rings. The second-order valence-corrected chi connectivity index (χ2v) is 7.44. The highest BCUT2D eigenvalue weighted by Gasteiger charge is 2.43. The summed E-state index contributed by atoms with van der Waals surface area (Å²) in [6.07, 6.45) is 6.65. The zero-order valence-corrected chi connectivity index (χ0v) is 16.3. The molecule has 0 amide bonds. The number of nitrogens with zero attached hydrogens (tertiary/aromatic N) is 6. The summed E-state index contributed by atoms with van der Waals surface area (Å²) in [7, 11) is 0. The van der Waals surface area contributed by atoms with Crippen LogP contribution in [0.4, 0.5) is 8.78 Å². The van der Waals surface area contributed by atoms with E-state index in [9.17, 15) is 8.78 Å². The van der Waals surface area contributed by atoms with Crippen molar-refractivity contribution in [3.05, 3.63) is 60.4 Å². The molecule has 1 saturated heterocycles. The van der Waals surface area contributed by atoms with Crippen LogP contribution in [0.15, 0.2) is 49.1 Å². The average Bonchev–Trinajstić information content (AvgIpc) is 3.17. The van der Waals surface area contributed by atoms with E-state index in [1.807, 2.05) is 13.0 Å². The lowest BCUT2D eigenvalue weighted by Crippen LogP contribution is -2.43. The Morgan fingerprint density at radius 2 is 2.03 bits per heavy atom. The Labute approximate surface area is 171 Å². The highest BCUT2D eigenvalue weighted by Crippen LogP contribution is 2.37. The Morgan fingerprint density at radius 1 is 1.13 bits per heavy atom. The fraction of sp³-hybridized carbons (Fsp3) is 0.286. The molecule has 0 aliphatic carbocycles. The number of hydrogen-bond acceptors (Lipinski definition) is 6. The Bertz CT molecular complexity index is 1220. The van der Waals surface area contributed by atoms with Crippen molar-refractivity contribution in [3.8, 4) is 17.2 Å². The van der Waals surface area contributed by atoms with Crippen molar-refractivity contribution >= 4 is 10.9 Å². The first-order valence-corrected chi connectivity index (χ1v) is 9.70. The van der Waals surface area contributed by atoms with Gasteiger partial charge in [0.1, 0.15) is 5.69 Å². The molecule has 0 spiro atoms. The van der Waals surface area contributed by atoms with Crippen LogP contribution < -0.4 is 5.32 Å². The molecule has 1 atom stereocenters. The van der Waals surface area contributed by atoms with E-state index in [0.717, 1.165) is 11.1 Å². The van der Waals surface area contributed by atoms with E-state index >= 15 is 0 Å². The smallest absolute Gasteiger partial charge is 0.258 e. The van der Waals surface area contributed by atoms with Crippen molar-refractivity contribution in [3.63, 3.8) is 0 Å². The zero-order chi connectivity index (χ0) is 20.7. The van der Waals surface area contributed by atoms with Crippen LogP contribution in [-0.4, -0.2) is 48.7 Å². The third-order valence-corrected chi connectivity index (χ3v) is 5.25. The highest BCUT2D eigenvalue weighted by molar-refractivity contribution is 5.81. The number of aryl methyl sites for hydroxylation is 1. The summed E-state index contributed by atoms with van der Waals surface area (Å²) in [6, 6.07) is 6.97. The number of pyridine rings is 2. The van der Waals surface area contributed by atoms with Crippen molar-refractivity contribution in [2.75, 3.05) is 13.1 Å². The second kappa shape index (κ2) is 7.17. The molecule has 4 aromatic heterocycles. The molecular weight excluding hydrogens is 388 g/mol. The van der Waals surface area contributed by atoms with Crippen molar-refractivity contribution in [1.82, 2.24) is 35.0 Å². The van der Waals surface area contributed by atoms with Gasteiger partial charge in [-0.2, -0.15) is 5.10 Å². The predicted octanol–water partition coefficient (Wildman–Crippen LogP) is 3.29. The highest BCUT2D eigenvalue weighted by atomic mass is 19.3. The van der Waals surface area contributed by atoms with Gasteiger partial charge in [0.25, 0.3) is 5.92 Å². The van der Waals surface area contributed by atoms with Gasteiger partial charge >= 0.3 is 0 Å². The molecule has 0 saturated carbocycles. The molecule has 1 aliphatic rings. The molecule has 1 aliphatic heterocycles. The first-order chi connectivity index (χ1) is 14.5.